The van der Waals surface area contributed by atoms with Gasteiger partial charge in [0.25, 0.3) is 5.91 Å². The van der Waals surface area contributed by atoms with Crippen molar-refractivity contribution in [1.29, 1.82) is 0 Å². The number of aliphatic hydroxyl groups excluding tert-OH is 1. The molecule has 0 unspecified atom stereocenters. The van der Waals surface area contributed by atoms with Crippen LogP contribution in [-0.4, -0.2) is 24.2 Å². The zero-order valence-electron chi connectivity index (χ0n) is 9.99. The fourth-order valence-electron chi connectivity index (χ4n) is 1.30. The molecule has 0 fully saturated rings. The van der Waals surface area contributed by atoms with E-state index in [9.17, 15) is 4.79 Å². The average molecular weight is 231 g/mol. The van der Waals surface area contributed by atoms with E-state index in [4.69, 9.17) is 5.11 Å². The van der Waals surface area contributed by atoms with Crippen molar-refractivity contribution < 1.29 is 9.90 Å². The smallest absolute Gasteiger partial charge is 0.251 e. The maximum absolute atomic E-state index is 11.7. The molecular formula is C14H17NO2. The highest BCUT2D eigenvalue weighted by Gasteiger charge is 2.03. The lowest BCUT2D eigenvalue weighted by Gasteiger charge is -2.03. The summed E-state index contributed by atoms with van der Waals surface area (Å²) in [4.78, 5) is 11.7. The lowest BCUT2D eigenvalue weighted by Crippen LogP contribution is -2.23. The summed E-state index contributed by atoms with van der Waals surface area (Å²) in [5.41, 5.74) is 1.41. The van der Waals surface area contributed by atoms with E-state index in [2.05, 4.69) is 17.2 Å². The van der Waals surface area contributed by atoms with Gasteiger partial charge in [-0.25, -0.2) is 0 Å². The Morgan fingerprint density at radius 3 is 3.00 bits per heavy atom. The van der Waals surface area contributed by atoms with Crippen molar-refractivity contribution in [3.05, 3.63) is 35.4 Å². The van der Waals surface area contributed by atoms with Gasteiger partial charge >= 0.3 is 0 Å². The Morgan fingerprint density at radius 2 is 2.29 bits per heavy atom. The summed E-state index contributed by atoms with van der Waals surface area (Å²) in [5.74, 6) is 5.66. The quantitative estimate of drug-likeness (QED) is 0.773. The summed E-state index contributed by atoms with van der Waals surface area (Å²) < 4.78 is 0. The minimum Gasteiger partial charge on any atom is -0.395 e. The number of benzene rings is 1. The molecule has 0 saturated heterocycles. The van der Waals surface area contributed by atoms with Crippen LogP contribution in [0.1, 0.15) is 35.7 Å². The van der Waals surface area contributed by atoms with Crippen LogP contribution in [-0.2, 0) is 0 Å². The molecule has 90 valence electrons. The van der Waals surface area contributed by atoms with Crippen LogP contribution in [0.4, 0.5) is 0 Å². The number of carbonyl (C=O) groups excluding carboxylic acids is 1. The van der Waals surface area contributed by atoms with Gasteiger partial charge < -0.3 is 10.4 Å². The number of amides is 1. The molecule has 2 N–H and O–H groups in total. The molecule has 0 radical (unpaired) electrons. The maximum atomic E-state index is 11.7. The van der Waals surface area contributed by atoms with Crippen molar-refractivity contribution in [3.8, 4) is 11.8 Å². The standard InChI is InChI=1S/C14H17NO2/c1-2-9-15-14(17)13-8-5-7-12(11-13)6-3-4-10-16/h5,7-8,11,16H,2,4,9-10H2,1H3,(H,15,17). The minimum atomic E-state index is -0.0716. The third-order valence-corrected chi connectivity index (χ3v) is 2.13. The zero-order chi connectivity index (χ0) is 12.5. The molecule has 3 heteroatoms. The fourth-order valence-corrected chi connectivity index (χ4v) is 1.30. The van der Waals surface area contributed by atoms with E-state index in [1.165, 1.54) is 0 Å². The zero-order valence-corrected chi connectivity index (χ0v) is 9.99. The van der Waals surface area contributed by atoms with E-state index >= 15 is 0 Å². The monoisotopic (exact) mass is 231 g/mol. The predicted molar refractivity (Wildman–Crippen MR) is 67.6 cm³/mol. The molecule has 0 aromatic heterocycles. The Labute approximate surface area is 102 Å². The molecule has 3 nitrogen and oxygen atoms in total. The topological polar surface area (TPSA) is 49.3 Å². The van der Waals surface area contributed by atoms with Crippen molar-refractivity contribution in [1.82, 2.24) is 5.32 Å². The van der Waals surface area contributed by atoms with E-state index in [1.807, 2.05) is 19.1 Å². The summed E-state index contributed by atoms with van der Waals surface area (Å²) in [6.07, 6.45) is 1.37. The molecule has 0 atom stereocenters. The molecule has 0 aliphatic heterocycles. The second-order valence-corrected chi connectivity index (χ2v) is 3.61. The average Bonchev–Trinajstić information content (AvgIpc) is 2.36. The number of hydrogen-bond acceptors (Lipinski definition) is 2. The first-order valence-corrected chi connectivity index (χ1v) is 5.76. The lowest BCUT2D eigenvalue weighted by atomic mass is 10.1. The normalized spacial score (nSPS) is 9.29. The lowest BCUT2D eigenvalue weighted by molar-refractivity contribution is 0.0953. The highest BCUT2D eigenvalue weighted by molar-refractivity contribution is 5.94. The molecule has 1 amide bonds. The van der Waals surface area contributed by atoms with Gasteiger partial charge in [-0.1, -0.05) is 24.8 Å². The van der Waals surface area contributed by atoms with Crippen molar-refractivity contribution in [2.45, 2.75) is 19.8 Å². The van der Waals surface area contributed by atoms with Gasteiger partial charge in [0, 0.05) is 24.1 Å². The SMILES string of the molecule is CCCNC(=O)c1cccc(C#CCCO)c1. The van der Waals surface area contributed by atoms with Gasteiger partial charge in [-0.3, -0.25) is 4.79 Å². The van der Waals surface area contributed by atoms with Crippen molar-refractivity contribution in [3.63, 3.8) is 0 Å². The summed E-state index contributed by atoms with van der Waals surface area (Å²) in [6, 6.07) is 7.18. The second-order valence-electron chi connectivity index (χ2n) is 3.61. The molecule has 0 aliphatic carbocycles. The van der Waals surface area contributed by atoms with Crippen LogP contribution < -0.4 is 5.32 Å². The minimum absolute atomic E-state index is 0.0592. The van der Waals surface area contributed by atoms with E-state index < -0.39 is 0 Å². The first-order valence-electron chi connectivity index (χ1n) is 5.76. The largest absolute Gasteiger partial charge is 0.395 e. The van der Waals surface area contributed by atoms with Crippen LogP contribution in [0.3, 0.4) is 0 Å². The van der Waals surface area contributed by atoms with Crippen LogP contribution in [0.2, 0.25) is 0 Å². The molecule has 1 rings (SSSR count). The fraction of sp³-hybridized carbons (Fsp3) is 0.357. The van der Waals surface area contributed by atoms with Crippen molar-refractivity contribution >= 4 is 5.91 Å². The first-order chi connectivity index (χ1) is 8.27. The van der Waals surface area contributed by atoms with Gasteiger partial charge in [0.15, 0.2) is 0 Å². The van der Waals surface area contributed by atoms with Gasteiger partial charge in [0.2, 0.25) is 0 Å². The number of rotatable bonds is 4. The van der Waals surface area contributed by atoms with Crippen molar-refractivity contribution in [2.24, 2.45) is 0 Å². The Balaban J connectivity index is 2.72. The van der Waals surface area contributed by atoms with Gasteiger partial charge in [0.1, 0.15) is 0 Å². The third kappa shape index (κ3) is 4.71. The summed E-state index contributed by atoms with van der Waals surface area (Å²) in [5, 5.41) is 11.4. The summed E-state index contributed by atoms with van der Waals surface area (Å²) in [7, 11) is 0. The summed E-state index contributed by atoms with van der Waals surface area (Å²) in [6.45, 7) is 2.75. The molecule has 0 spiro atoms. The van der Waals surface area contributed by atoms with Crippen LogP contribution in [0.25, 0.3) is 0 Å². The van der Waals surface area contributed by atoms with E-state index in [1.54, 1.807) is 12.1 Å². The van der Waals surface area contributed by atoms with E-state index in [0.717, 1.165) is 12.0 Å². The third-order valence-electron chi connectivity index (χ3n) is 2.13. The van der Waals surface area contributed by atoms with Crippen molar-refractivity contribution in [2.75, 3.05) is 13.2 Å². The van der Waals surface area contributed by atoms with Crippen LogP contribution in [0.5, 0.6) is 0 Å². The molecule has 0 heterocycles. The molecule has 0 aliphatic rings. The second kappa shape index (κ2) is 7.48. The first kappa shape index (κ1) is 13.3. The molecule has 17 heavy (non-hydrogen) atoms. The Hall–Kier alpha value is -1.79. The highest BCUT2D eigenvalue weighted by atomic mass is 16.2. The summed E-state index contributed by atoms with van der Waals surface area (Å²) >= 11 is 0. The molecule has 1 aromatic rings. The number of carbonyl (C=O) groups is 1. The predicted octanol–water partition coefficient (Wildman–Crippen LogP) is 1.56. The van der Waals surface area contributed by atoms with Gasteiger partial charge in [0.05, 0.1) is 6.61 Å². The Kier molecular flexibility index (Phi) is 5.84. The number of aliphatic hydroxyl groups is 1. The van der Waals surface area contributed by atoms with Gasteiger partial charge in [-0.2, -0.15) is 0 Å². The van der Waals surface area contributed by atoms with Gasteiger partial charge in [-0.15, -0.1) is 0 Å². The molecular weight excluding hydrogens is 214 g/mol. The molecule has 0 bridgehead atoms. The molecule has 0 saturated carbocycles. The maximum Gasteiger partial charge on any atom is 0.251 e. The number of nitrogens with one attached hydrogen (secondary N) is 1. The number of hydrogen-bond donors (Lipinski definition) is 2. The van der Waals surface area contributed by atoms with E-state index in [-0.39, 0.29) is 12.5 Å². The van der Waals surface area contributed by atoms with E-state index in [0.29, 0.717) is 18.5 Å². The Morgan fingerprint density at radius 1 is 1.47 bits per heavy atom. The molecule has 1 aromatic carbocycles. The Bertz CT molecular complexity index is 429. The van der Waals surface area contributed by atoms with Gasteiger partial charge in [-0.05, 0) is 24.6 Å². The highest BCUT2D eigenvalue weighted by Crippen LogP contribution is 2.04. The van der Waals surface area contributed by atoms with Crippen LogP contribution >= 0.6 is 0 Å². The van der Waals surface area contributed by atoms with Crippen LogP contribution in [0.15, 0.2) is 24.3 Å². The van der Waals surface area contributed by atoms with Crippen LogP contribution in [0, 0.1) is 11.8 Å².